The van der Waals surface area contributed by atoms with Gasteiger partial charge in [-0.2, -0.15) is 0 Å². The summed E-state index contributed by atoms with van der Waals surface area (Å²) < 4.78 is 0. The average Bonchev–Trinajstić information content (AvgIpc) is 2.42. The summed E-state index contributed by atoms with van der Waals surface area (Å²) in [5.41, 5.74) is 0.556. The first-order valence-corrected chi connectivity index (χ1v) is 4.34. The normalized spacial score (nSPS) is 44.3. The van der Waals surface area contributed by atoms with Crippen LogP contribution in [0.25, 0.3) is 0 Å². The fraction of sp³-hybridized carbons (Fsp3) is 0.700. The predicted molar refractivity (Wildman–Crippen MR) is 43.5 cm³/mol. The van der Waals surface area contributed by atoms with Gasteiger partial charge in [0.25, 0.3) is 0 Å². The minimum absolute atomic E-state index is 0.556. The lowest BCUT2D eigenvalue weighted by Crippen LogP contribution is -2.17. The molecule has 1 fully saturated rings. The van der Waals surface area contributed by atoms with Gasteiger partial charge in [-0.05, 0) is 37.0 Å². The van der Waals surface area contributed by atoms with Gasteiger partial charge in [-0.15, -0.1) is 0 Å². The van der Waals surface area contributed by atoms with Gasteiger partial charge in [0.05, 0.1) is 0 Å². The molecule has 0 aliphatic heterocycles. The molecule has 0 N–H and O–H groups in total. The number of allylic oxidation sites excluding steroid dienone is 2. The highest BCUT2D eigenvalue weighted by molar-refractivity contribution is 5.13. The third kappa shape index (κ3) is 0.680. The summed E-state index contributed by atoms with van der Waals surface area (Å²) in [5, 5.41) is 0. The molecule has 2 aliphatic rings. The van der Waals surface area contributed by atoms with Gasteiger partial charge in [-0.3, -0.25) is 0 Å². The first-order chi connectivity index (χ1) is 4.87. The number of fused-ring (bicyclic) bond motifs is 1. The van der Waals surface area contributed by atoms with E-state index in [1.54, 1.807) is 0 Å². The quantitative estimate of drug-likeness (QED) is 0.485. The monoisotopic (exact) mass is 135 g/mol. The lowest BCUT2D eigenvalue weighted by Gasteiger charge is -2.25. The number of hydrogen-bond donors (Lipinski definition) is 0. The molecule has 10 heavy (non-hydrogen) atoms. The van der Waals surface area contributed by atoms with E-state index in [1.807, 2.05) is 0 Å². The topological polar surface area (TPSA) is 0 Å². The highest BCUT2D eigenvalue weighted by atomic mass is 14.5. The van der Waals surface area contributed by atoms with Gasteiger partial charge in [0.15, 0.2) is 0 Å². The molecule has 0 heteroatoms. The summed E-state index contributed by atoms with van der Waals surface area (Å²) >= 11 is 0. The van der Waals surface area contributed by atoms with Crippen molar-refractivity contribution in [3.8, 4) is 0 Å². The van der Waals surface area contributed by atoms with Gasteiger partial charge in [0.1, 0.15) is 0 Å². The lowest BCUT2D eigenvalue weighted by atomic mass is 9.79. The molecule has 0 aromatic heterocycles. The molecule has 0 nitrogen and oxygen atoms in total. The van der Waals surface area contributed by atoms with Gasteiger partial charge in [0, 0.05) is 0 Å². The summed E-state index contributed by atoms with van der Waals surface area (Å²) in [6, 6.07) is 0. The maximum Gasteiger partial charge on any atom is -0.00870 e. The Hall–Kier alpha value is -0.260. The molecule has 1 radical (unpaired) electrons. The van der Waals surface area contributed by atoms with Gasteiger partial charge < -0.3 is 0 Å². The van der Waals surface area contributed by atoms with E-state index in [2.05, 4.69) is 19.1 Å². The Kier molecular flexibility index (Phi) is 1.36. The van der Waals surface area contributed by atoms with E-state index in [4.69, 9.17) is 0 Å². The zero-order valence-corrected chi connectivity index (χ0v) is 6.47. The van der Waals surface area contributed by atoms with Crippen LogP contribution in [0.5, 0.6) is 0 Å². The Labute approximate surface area is 63.3 Å². The standard InChI is InChI=1S/C10H15/c1-2-10-7-3-5-9(10)6-4-8-10/h3,7,9H,1-2,4-6,8H2. The summed E-state index contributed by atoms with van der Waals surface area (Å²) in [6.45, 7) is 4.05. The van der Waals surface area contributed by atoms with E-state index in [9.17, 15) is 0 Å². The molecule has 2 atom stereocenters. The second kappa shape index (κ2) is 2.11. The Bertz CT molecular complexity index is 157. The van der Waals surface area contributed by atoms with Crippen molar-refractivity contribution in [1.82, 2.24) is 0 Å². The molecule has 0 bridgehead atoms. The summed E-state index contributed by atoms with van der Waals surface area (Å²) in [6.07, 6.45) is 11.5. The van der Waals surface area contributed by atoms with E-state index in [1.165, 1.54) is 25.7 Å². The molecule has 2 aliphatic carbocycles. The molecule has 0 aromatic carbocycles. The molecular weight excluding hydrogens is 120 g/mol. The maximum absolute atomic E-state index is 4.05. The van der Waals surface area contributed by atoms with Crippen LogP contribution in [-0.4, -0.2) is 0 Å². The molecular formula is C10H15. The van der Waals surface area contributed by atoms with Crippen molar-refractivity contribution in [2.75, 3.05) is 0 Å². The third-order valence-corrected chi connectivity index (χ3v) is 3.34. The average molecular weight is 135 g/mol. The van der Waals surface area contributed by atoms with Crippen LogP contribution < -0.4 is 0 Å². The Morgan fingerprint density at radius 1 is 1.60 bits per heavy atom. The molecule has 0 spiro atoms. The van der Waals surface area contributed by atoms with Crippen LogP contribution in [0.3, 0.4) is 0 Å². The van der Waals surface area contributed by atoms with Gasteiger partial charge >= 0.3 is 0 Å². The molecule has 1 saturated carbocycles. The third-order valence-electron chi connectivity index (χ3n) is 3.34. The van der Waals surface area contributed by atoms with E-state index < -0.39 is 0 Å². The lowest BCUT2D eigenvalue weighted by molar-refractivity contribution is 0.302. The second-order valence-corrected chi connectivity index (χ2v) is 3.71. The van der Waals surface area contributed by atoms with Crippen molar-refractivity contribution in [2.24, 2.45) is 11.3 Å². The van der Waals surface area contributed by atoms with Crippen LogP contribution in [0.1, 0.15) is 32.1 Å². The van der Waals surface area contributed by atoms with Crippen LogP contribution in [0.15, 0.2) is 12.2 Å². The molecule has 0 amide bonds. The van der Waals surface area contributed by atoms with Crippen LogP contribution in [0.4, 0.5) is 0 Å². The smallest absolute Gasteiger partial charge is 0.00870 e. The summed E-state index contributed by atoms with van der Waals surface area (Å²) in [5.74, 6) is 0.963. The minimum atomic E-state index is 0.556. The van der Waals surface area contributed by atoms with Crippen LogP contribution in [0.2, 0.25) is 0 Å². The first-order valence-electron chi connectivity index (χ1n) is 4.34. The molecule has 55 valence electrons. The van der Waals surface area contributed by atoms with Crippen molar-refractivity contribution in [2.45, 2.75) is 32.1 Å². The molecule has 0 aromatic rings. The Balaban J connectivity index is 2.23. The summed E-state index contributed by atoms with van der Waals surface area (Å²) in [4.78, 5) is 0. The molecule has 0 saturated heterocycles. The molecule has 2 rings (SSSR count). The Morgan fingerprint density at radius 3 is 3.20 bits per heavy atom. The zero-order valence-electron chi connectivity index (χ0n) is 6.47. The highest BCUT2D eigenvalue weighted by Gasteiger charge is 2.40. The fourth-order valence-electron chi connectivity index (χ4n) is 2.62. The number of rotatable bonds is 1. The highest BCUT2D eigenvalue weighted by Crippen LogP contribution is 2.52. The van der Waals surface area contributed by atoms with E-state index in [0.717, 1.165) is 12.3 Å². The van der Waals surface area contributed by atoms with Crippen LogP contribution in [-0.2, 0) is 0 Å². The Morgan fingerprint density at radius 2 is 2.50 bits per heavy atom. The van der Waals surface area contributed by atoms with E-state index in [0.29, 0.717) is 5.41 Å². The predicted octanol–water partition coefficient (Wildman–Crippen LogP) is 2.96. The van der Waals surface area contributed by atoms with Crippen molar-refractivity contribution < 1.29 is 0 Å². The first kappa shape index (κ1) is 6.45. The molecule has 2 unspecified atom stereocenters. The van der Waals surface area contributed by atoms with Gasteiger partial charge in [0.2, 0.25) is 0 Å². The van der Waals surface area contributed by atoms with Crippen molar-refractivity contribution in [1.29, 1.82) is 0 Å². The van der Waals surface area contributed by atoms with E-state index >= 15 is 0 Å². The summed E-state index contributed by atoms with van der Waals surface area (Å²) in [7, 11) is 0. The fourth-order valence-corrected chi connectivity index (χ4v) is 2.62. The van der Waals surface area contributed by atoms with Crippen molar-refractivity contribution in [3.63, 3.8) is 0 Å². The van der Waals surface area contributed by atoms with Gasteiger partial charge in [-0.1, -0.05) is 25.5 Å². The largest absolute Gasteiger partial charge is 0.0877 e. The van der Waals surface area contributed by atoms with Crippen molar-refractivity contribution >= 4 is 0 Å². The maximum atomic E-state index is 4.05. The molecule has 0 heterocycles. The second-order valence-electron chi connectivity index (χ2n) is 3.71. The van der Waals surface area contributed by atoms with Crippen molar-refractivity contribution in [3.05, 3.63) is 19.1 Å². The zero-order chi connectivity index (χ0) is 7.03. The van der Waals surface area contributed by atoms with Gasteiger partial charge in [-0.25, -0.2) is 0 Å². The van der Waals surface area contributed by atoms with Crippen LogP contribution >= 0.6 is 0 Å². The minimum Gasteiger partial charge on any atom is -0.0877 e. The van der Waals surface area contributed by atoms with E-state index in [-0.39, 0.29) is 0 Å². The number of hydrogen-bond acceptors (Lipinski definition) is 0. The SMILES string of the molecule is [CH2]CC12C=CCC1CCC2. The van der Waals surface area contributed by atoms with Crippen LogP contribution in [0, 0.1) is 18.3 Å².